The van der Waals surface area contributed by atoms with Crippen molar-refractivity contribution in [2.24, 2.45) is 0 Å². The maximum atomic E-state index is 13.3. The molecule has 3 aromatic rings. The fourth-order valence-electron chi connectivity index (χ4n) is 2.63. The summed E-state index contributed by atoms with van der Waals surface area (Å²) in [6, 6.07) is 14.7. The highest BCUT2D eigenvalue weighted by molar-refractivity contribution is 5.94. The predicted molar refractivity (Wildman–Crippen MR) is 105 cm³/mol. The first-order chi connectivity index (χ1) is 13.6. The van der Waals surface area contributed by atoms with Crippen molar-refractivity contribution in [2.75, 3.05) is 19.5 Å². The van der Waals surface area contributed by atoms with Crippen LogP contribution in [0.2, 0.25) is 0 Å². The Morgan fingerprint density at radius 1 is 1.04 bits per heavy atom. The van der Waals surface area contributed by atoms with Crippen molar-refractivity contribution in [3.8, 4) is 11.5 Å². The topological polar surface area (TPSA) is 72.5 Å². The van der Waals surface area contributed by atoms with E-state index >= 15 is 0 Å². The van der Waals surface area contributed by atoms with Crippen molar-refractivity contribution < 1.29 is 18.7 Å². The molecule has 0 atom stereocenters. The predicted octanol–water partition coefficient (Wildman–Crippen LogP) is 3.91. The van der Waals surface area contributed by atoms with Gasteiger partial charge in [-0.3, -0.25) is 4.79 Å². The number of nitrogens with zero attached hydrogens (tertiary/aromatic N) is 1. The van der Waals surface area contributed by atoms with Crippen molar-refractivity contribution >= 4 is 17.4 Å². The van der Waals surface area contributed by atoms with Crippen LogP contribution in [0.3, 0.4) is 0 Å². The molecule has 0 aliphatic carbocycles. The molecule has 0 saturated heterocycles. The van der Waals surface area contributed by atoms with Crippen LogP contribution in [0, 0.1) is 5.82 Å². The molecule has 0 fully saturated rings. The average Bonchev–Trinajstić information content (AvgIpc) is 2.72. The molecule has 0 saturated carbocycles. The van der Waals surface area contributed by atoms with E-state index in [1.54, 1.807) is 44.6 Å². The van der Waals surface area contributed by atoms with Gasteiger partial charge in [-0.25, -0.2) is 9.37 Å². The zero-order chi connectivity index (χ0) is 19.9. The molecule has 2 aromatic carbocycles. The molecule has 28 heavy (non-hydrogen) atoms. The lowest BCUT2D eigenvalue weighted by molar-refractivity contribution is 0.0951. The third-order valence-electron chi connectivity index (χ3n) is 4.02. The number of nitrogens with one attached hydrogen (secondary N) is 2. The molecule has 1 aromatic heterocycles. The Labute approximate surface area is 162 Å². The van der Waals surface area contributed by atoms with Crippen LogP contribution in [-0.2, 0) is 6.54 Å². The zero-order valence-electron chi connectivity index (χ0n) is 15.5. The molecular weight excluding hydrogens is 361 g/mol. The van der Waals surface area contributed by atoms with Crippen LogP contribution in [0.4, 0.5) is 15.9 Å². The number of halogens is 1. The summed E-state index contributed by atoms with van der Waals surface area (Å²) >= 11 is 0. The van der Waals surface area contributed by atoms with Crippen LogP contribution in [-0.4, -0.2) is 25.1 Å². The van der Waals surface area contributed by atoms with Gasteiger partial charge in [-0.1, -0.05) is 12.1 Å². The number of rotatable bonds is 7. The first-order valence-electron chi connectivity index (χ1n) is 8.57. The number of aromatic nitrogens is 1. The molecule has 6 nitrogen and oxygen atoms in total. The maximum absolute atomic E-state index is 13.3. The fourth-order valence-corrected chi connectivity index (χ4v) is 2.63. The molecule has 1 amide bonds. The molecule has 3 rings (SSSR count). The minimum Gasteiger partial charge on any atom is -0.493 e. The van der Waals surface area contributed by atoms with E-state index in [2.05, 4.69) is 15.6 Å². The Bertz CT molecular complexity index is 979. The van der Waals surface area contributed by atoms with Crippen LogP contribution in [0.25, 0.3) is 0 Å². The maximum Gasteiger partial charge on any atom is 0.251 e. The molecule has 2 N–H and O–H groups in total. The second kappa shape index (κ2) is 8.85. The highest BCUT2D eigenvalue weighted by atomic mass is 19.1. The van der Waals surface area contributed by atoms with Crippen molar-refractivity contribution in [3.05, 3.63) is 77.7 Å². The lowest BCUT2D eigenvalue weighted by atomic mass is 10.2. The van der Waals surface area contributed by atoms with Gasteiger partial charge in [0.15, 0.2) is 11.5 Å². The lowest BCUT2D eigenvalue weighted by Gasteiger charge is -2.11. The highest BCUT2D eigenvalue weighted by Gasteiger charge is 2.09. The van der Waals surface area contributed by atoms with Gasteiger partial charge >= 0.3 is 0 Å². The minimum absolute atomic E-state index is 0.250. The monoisotopic (exact) mass is 381 g/mol. The highest BCUT2D eigenvalue weighted by Crippen LogP contribution is 2.27. The molecule has 0 radical (unpaired) electrons. The van der Waals surface area contributed by atoms with E-state index in [0.29, 0.717) is 35.1 Å². The Morgan fingerprint density at radius 2 is 1.86 bits per heavy atom. The third-order valence-corrected chi connectivity index (χ3v) is 4.02. The van der Waals surface area contributed by atoms with E-state index in [9.17, 15) is 9.18 Å². The van der Waals surface area contributed by atoms with E-state index in [4.69, 9.17) is 9.47 Å². The smallest absolute Gasteiger partial charge is 0.251 e. The average molecular weight is 381 g/mol. The Balaban J connectivity index is 1.66. The molecule has 0 spiro atoms. The SMILES string of the molecule is COc1ccc(CNC(=O)c2ccnc(Nc3cccc(F)c3)c2)cc1OC. The number of methoxy groups -OCH3 is 2. The van der Waals surface area contributed by atoms with E-state index in [1.807, 2.05) is 12.1 Å². The number of ether oxygens (including phenoxy) is 2. The number of hydrogen-bond acceptors (Lipinski definition) is 5. The molecule has 0 bridgehead atoms. The van der Waals surface area contributed by atoms with Crippen LogP contribution in [0.15, 0.2) is 60.8 Å². The van der Waals surface area contributed by atoms with Gasteiger partial charge in [0.25, 0.3) is 5.91 Å². The second-order valence-electron chi connectivity index (χ2n) is 5.94. The summed E-state index contributed by atoms with van der Waals surface area (Å²) in [7, 11) is 3.13. The fraction of sp³-hybridized carbons (Fsp3) is 0.143. The van der Waals surface area contributed by atoms with Crippen molar-refractivity contribution in [1.82, 2.24) is 10.3 Å². The Hall–Kier alpha value is -3.61. The van der Waals surface area contributed by atoms with E-state index in [0.717, 1.165) is 5.56 Å². The summed E-state index contributed by atoms with van der Waals surface area (Å²) in [6.45, 7) is 0.328. The normalized spacial score (nSPS) is 10.2. The summed E-state index contributed by atoms with van der Waals surface area (Å²) in [6.07, 6.45) is 1.52. The van der Waals surface area contributed by atoms with Crippen LogP contribution in [0.5, 0.6) is 11.5 Å². The summed E-state index contributed by atoms with van der Waals surface area (Å²) in [4.78, 5) is 16.6. The molecule has 0 aliphatic rings. The number of hydrogen-bond donors (Lipinski definition) is 2. The van der Waals surface area contributed by atoms with Gasteiger partial charge in [0.05, 0.1) is 14.2 Å². The number of anilines is 2. The third kappa shape index (κ3) is 4.76. The first kappa shape index (κ1) is 19.2. The van der Waals surface area contributed by atoms with E-state index in [-0.39, 0.29) is 11.7 Å². The molecule has 144 valence electrons. The quantitative estimate of drug-likeness (QED) is 0.649. The second-order valence-corrected chi connectivity index (χ2v) is 5.94. The molecule has 0 aliphatic heterocycles. The number of benzene rings is 2. The number of carbonyl (C=O) groups excluding carboxylic acids is 1. The van der Waals surface area contributed by atoms with Crippen LogP contribution < -0.4 is 20.1 Å². The summed E-state index contributed by atoms with van der Waals surface area (Å²) in [5, 5.41) is 5.83. The molecular formula is C21H20FN3O3. The van der Waals surface area contributed by atoms with E-state index in [1.165, 1.54) is 18.3 Å². The number of amides is 1. The molecule has 7 heteroatoms. The van der Waals surface area contributed by atoms with E-state index < -0.39 is 0 Å². The zero-order valence-corrected chi connectivity index (χ0v) is 15.5. The van der Waals surface area contributed by atoms with Gasteiger partial charge in [-0.05, 0) is 48.0 Å². The number of pyridine rings is 1. The van der Waals surface area contributed by atoms with Gasteiger partial charge in [-0.15, -0.1) is 0 Å². The summed E-state index contributed by atoms with van der Waals surface area (Å²) < 4.78 is 23.8. The first-order valence-corrected chi connectivity index (χ1v) is 8.57. The Morgan fingerprint density at radius 3 is 2.61 bits per heavy atom. The van der Waals surface area contributed by atoms with Gasteiger partial charge in [0.1, 0.15) is 11.6 Å². The van der Waals surface area contributed by atoms with Crippen molar-refractivity contribution in [2.45, 2.75) is 6.54 Å². The minimum atomic E-state index is -0.353. The molecule has 1 heterocycles. The van der Waals surface area contributed by atoms with Crippen LogP contribution in [0.1, 0.15) is 15.9 Å². The van der Waals surface area contributed by atoms with Gasteiger partial charge in [-0.2, -0.15) is 0 Å². The van der Waals surface area contributed by atoms with Crippen LogP contribution >= 0.6 is 0 Å². The standard InChI is InChI=1S/C21H20FN3O3/c1-27-18-7-6-14(10-19(18)28-2)13-24-21(26)15-8-9-23-20(11-15)25-17-5-3-4-16(22)12-17/h3-12H,13H2,1-2H3,(H,23,25)(H,24,26). The largest absolute Gasteiger partial charge is 0.493 e. The Kier molecular flexibility index (Phi) is 6.06. The molecule has 0 unspecified atom stereocenters. The summed E-state index contributed by atoms with van der Waals surface area (Å²) in [5.74, 6) is 1.07. The lowest BCUT2D eigenvalue weighted by Crippen LogP contribution is -2.23. The summed E-state index contributed by atoms with van der Waals surface area (Å²) in [5.41, 5.74) is 1.86. The van der Waals surface area contributed by atoms with Crippen molar-refractivity contribution in [1.29, 1.82) is 0 Å². The van der Waals surface area contributed by atoms with Crippen molar-refractivity contribution in [3.63, 3.8) is 0 Å². The van der Waals surface area contributed by atoms with Gasteiger partial charge in [0, 0.05) is 24.0 Å². The van der Waals surface area contributed by atoms with Gasteiger partial charge < -0.3 is 20.1 Å². The van der Waals surface area contributed by atoms with Gasteiger partial charge in [0.2, 0.25) is 0 Å². The number of carbonyl (C=O) groups is 1.